The van der Waals surface area contributed by atoms with Gasteiger partial charge >= 0.3 is 0 Å². The molecule has 0 fully saturated rings. The van der Waals surface area contributed by atoms with Crippen LogP contribution < -0.4 is 0 Å². The third-order valence-corrected chi connectivity index (χ3v) is 0.483. The van der Waals surface area contributed by atoms with Crippen LogP contribution in [0.1, 0.15) is 0 Å². The summed E-state index contributed by atoms with van der Waals surface area (Å²) in [6.07, 6.45) is 0. The molecule has 0 bridgehead atoms. The van der Waals surface area contributed by atoms with Gasteiger partial charge in [0.15, 0.2) is 0 Å². The molecule has 0 radical (unpaired) electrons. The van der Waals surface area contributed by atoms with Crippen molar-refractivity contribution in [2.75, 3.05) is 21.2 Å². The highest BCUT2D eigenvalue weighted by molar-refractivity contribution is 4.27. The summed E-state index contributed by atoms with van der Waals surface area (Å²) in [5, 5.41) is 11.8. The van der Waals surface area contributed by atoms with Crippen LogP contribution in [0.3, 0.4) is 0 Å². The molecule has 44 valence electrons. The number of rotatable bonds is 2. The van der Waals surface area contributed by atoms with Crippen molar-refractivity contribution in [3.05, 3.63) is 5.21 Å². The Morgan fingerprint density at radius 2 is 1.86 bits per heavy atom. The highest BCUT2D eigenvalue weighted by Gasteiger charge is 1.84. The Bertz CT molecular complexity index is 48.2. The van der Waals surface area contributed by atoms with Crippen LogP contribution in [0.15, 0.2) is 0 Å². The average Bonchev–Trinajstić information content (AvgIpc) is 1.65. The third kappa shape index (κ3) is 2.52. The first kappa shape index (κ1) is 6.84. The molecule has 0 heterocycles. The molecule has 0 aromatic heterocycles. The summed E-state index contributed by atoms with van der Waals surface area (Å²) in [4.78, 5) is 4.22. The fourth-order valence-corrected chi connectivity index (χ4v) is 0.163. The molecule has 0 aromatic carbocycles. The van der Waals surface area contributed by atoms with Gasteiger partial charge in [-0.3, -0.25) is 4.84 Å². The predicted molar refractivity (Wildman–Crippen MR) is 25.9 cm³/mol. The van der Waals surface area contributed by atoms with Crippen molar-refractivity contribution in [1.82, 2.24) is 10.3 Å². The van der Waals surface area contributed by atoms with Gasteiger partial charge in [-0.15, -0.1) is 0 Å². The molecule has 0 spiro atoms. The van der Waals surface area contributed by atoms with Gasteiger partial charge in [-0.1, -0.05) is 0 Å². The Hall–Kier alpha value is -0.160. The normalized spacial score (nSPS) is 11.1. The fraction of sp³-hybridized carbons (Fsp3) is 1.00. The predicted octanol–water partition coefficient (Wildman–Crippen LogP) is -0.176. The van der Waals surface area contributed by atoms with Crippen molar-refractivity contribution in [1.29, 1.82) is 0 Å². The van der Waals surface area contributed by atoms with E-state index >= 15 is 0 Å². The Morgan fingerprint density at radius 3 is 1.86 bits per heavy atom. The van der Waals surface area contributed by atoms with E-state index in [1.165, 1.54) is 12.1 Å². The van der Waals surface area contributed by atoms with E-state index in [0.717, 1.165) is 0 Å². The Labute approximate surface area is 42.8 Å². The van der Waals surface area contributed by atoms with Crippen LogP contribution in [-0.2, 0) is 4.84 Å². The summed E-state index contributed by atoms with van der Waals surface area (Å²) in [6, 6.07) is 0. The van der Waals surface area contributed by atoms with Crippen molar-refractivity contribution in [2.45, 2.75) is 0 Å². The minimum Gasteiger partial charge on any atom is -0.748 e. The Kier molecular flexibility index (Phi) is 2.86. The molecule has 0 N–H and O–H groups in total. The maximum Gasteiger partial charge on any atom is 0.0579 e. The van der Waals surface area contributed by atoms with E-state index in [-0.39, 0.29) is 0 Å². The molecule has 0 saturated carbocycles. The van der Waals surface area contributed by atoms with Crippen LogP contribution in [0.25, 0.3) is 0 Å². The van der Waals surface area contributed by atoms with E-state index in [1.54, 1.807) is 14.1 Å². The minimum absolute atomic E-state index is 0.375. The lowest BCUT2D eigenvalue weighted by atomic mass is 11.2. The molecule has 4 nitrogen and oxygen atoms in total. The van der Waals surface area contributed by atoms with Gasteiger partial charge in [0.2, 0.25) is 0 Å². The van der Waals surface area contributed by atoms with Crippen molar-refractivity contribution in [3.8, 4) is 0 Å². The third-order valence-electron chi connectivity index (χ3n) is 0.483. The lowest BCUT2D eigenvalue weighted by Gasteiger charge is -2.30. The maximum absolute atomic E-state index is 10.1. The molecular weight excluding hydrogens is 96.0 g/mol. The van der Waals surface area contributed by atoms with Gasteiger partial charge in [0.25, 0.3) is 0 Å². The molecule has 0 aromatic rings. The molecule has 0 amide bonds. The minimum atomic E-state index is 0.375. The quantitative estimate of drug-likeness (QED) is 0.457. The van der Waals surface area contributed by atoms with Crippen LogP contribution in [0, 0.1) is 5.21 Å². The summed E-state index contributed by atoms with van der Waals surface area (Å²) < 4.78 is 0. The second-order valence-corrected chi connectivity index (χ2v) is 1.27. The van der Waals surface area contributed by atoms with Crippen molar-refractivity contribution in [2.24, 2.45) is 0 Å². The van der Waals surface area contributed by atoms with E-state index in [0.29, 0.717) is 5.34 Å². The number of hydrogen-bond acceptors (Lipinski definition) is 4. The molecule has 0 aliphatic heterocycles. The van der Waals surface area contributed by atoms with E-state index in [9.17, 15) is 5.21 Å². The first-order valence-electron chi connectivity index (χ1n) is 1.87. The molecular formula is C3H9N2O2-. The van der Waals surface area contributed by atoms with Gasteiger partial charge in [-0.05, 0) is 0 Å². The van der Waals surface area contributed by atoms with Gasteiger partial charge in [-0.2, -0.15) is 5.34 Å². The molecule has 0 aliphatic carbocycles. The maximum atomic E-state index is 10.1. The molecule has 7 heavy (non-hydrogen) atoms. The summed E-state index contributed by atoms with van der Waals surface area (Å²) in [7, 11) is 4.50. The van der Waals surface area contributed by atoms with Crippen LogP contribution in [0.2, 0.25) is 0 Å². The van der Waals surface area contributed by atoms with Gasteiger partial charge in [0.05, 0.1) is 7.11 Å². The molecule has 4 heteroatoms. The van der Waals surface area contributed by atoms with E-state index in [2.05, 4.69) is 4.84 Å². The van der Waals surface area contributed by atoms with Gasteiger partial charge in [0.1, 0.15) is 0 Å². The lowest BCUT2D eigenvalue weighted by Crippen LogP contribution is -2.30. The van der Waals surface area contributed by atoms with Gasteiger partial charge < -0.3 is 5.21 Å². The Balaban J connectivity index is 3.14. The first-order chi connectivity index (χ1) is 3.18. The molecule has 0 atom stereocenters. The van der Waals surface area contributed by atoms with Crippen molar-refractivity contribution < 1.29 is 4.84 Å². The van der Waals surface area contributed by atoms with E-state index in [1.807, 2.05) is 0 Å². The molecule has 0 rings (SSSR count). The second kappa shape index (κ2) is 2.92. The summed E-state index contributed by atoms with van der Waals surface area (Å²) in [5.74, 6) is 0. The molecule has 0 saturated heterocycles. The Morgan fingerprint density at radius 1 is 1.43 bits per heavy atom. The van der Waals surface area contributed by atoms with Crippen molar-refractivity contribution >= 4 is 0 Å². The summed E-state index contributed by atoms with van der Waals surface area (Å²) in [6.45, 7) is 0. The van der Waals surface area contributed by atoms with Crippen LogP contribution in [-0.4, -0.2) is 31.5 Å². The van der Waals surface area contributed by atoms with Gasteiger partial charge in [0, 0.05) is 14.1 Å². The number of hydrazine groups is 1. The van der Waals surface area contributed by atoms with E-state index in [4.69, 9.17) is 0 Å². The van der Waals surface area contributed by atoms with Crippen LogP contribution >= 0.6 is 0 Å². The summed E-state index contributed by atoms with van der Waals surface area (Å²) in [5.41, 5.74) is 0. The SMILES string of the molecule is CON([O-])N(C)C. The van der Waals surface area contributed by atoms with Crippen LogP contribution in [0.4, 0.5) is 0 Å². The lowest BCUT2D eigenvalue weighted by molar-refractivity contribution is -0.210. The monoisotopic (exact) mass is 105 g/mol. The number of hydrogen-bond donors (Lipinski definition) is 0. The first-order valence-corrected chi connectivity index (χ1v) is 1.87. The van der Waals surface area contributed by atoms with E-state index < -0.39 is 0 Å². The number of nitrogens with zero attached hydrogens (tertiary/aromatic N) is 2. The van der Waals surface area contributed by atoms with Gasteiger partial charge in [-0.25, -0.2) is 5.01 Å². The zero-order chi connectivity index (χ0) is 5.86. The average molecular weight is 105 g/mol. The molecule has 0 aliphatic rings. The van der Waals surface area contributed by atoms with Crippen LogP contribution in [0.5, 0.6) is 0 Å². The zero-order valence-electron chi connectivity index (χ0n) is 4.71. The summed E-state index contributed by atoms with van der Waals surface area (Å²) >= 11 is 0. The highest BCUT2D eigenvalue weighted by atomic mass is 16.9. The second-order valence-electron chi connectivity index (χ2n) is 1.27. The molecule has 0 unspecified atom stereocenters. The fourth-order valence-electron chi connectivity index (χ4n) is 0.163. The zero-order valence-corrected chi connectivity index (χ0v) is 4.71. The van der Waals surface area contributed by atoms with Crippen molar-refractivity contribution in [3.63, 3.8) is 0 Å². The topological polar surface area (TPSA) is 38.8 Å². The standard InChI is InChI=1S/C3H9N2O2/c1-4(2)5(6)7-3/h1-3H3/q-1. The smallest absolute Gasteiger partial charge is 0.0579 e. The largest absolute Gasteiger partial charge is 0.748 e. The highest BCUT2D eigenvalue weighted by Crippen LogP contribution is 1.83.